The Bertz CT molecular complexity index is 527. The van der Waals surface area contributed by atoms with E-state index in [1.54, 1.807) is 17.4 Å². The summed E-state index contributed by atoms with van der Waals surface area (Å²) in [6.07, 6.45) is -0.219. The van der Waals surface area contributed by atoms with Crippen LogP contribution in [-0.2, 0) is 6.42 Å². The largest absolute Gasteiger partial charge is 0.388 e. The molecule has 0 aliphatic heterocycles. The van der Waals surface area contributed by atoms with Crippen LogP contribution in [0.25, 0.3) is 0 Å². The van der Waals surface area contributed by atoms with Gasteiger partial charge in [0, 0.05) is 15.8 Å². The molecule has 0 bridgehead atoms. The average molecular weight is 380 g/mol. The van der Waals surface area contributed by atoms with E-state index in [0.717, 1.165) is 13.1 Å². The smallest absolute Gasteiger partial charge is 0.123 e. The molecule has 0 saturated carbocycles. The number of hydrogen-bond acceptors (Lipinski definition) is 2. The van der Waals surface area contributed by atoms with E-state index in [2.05, 4.69) is 31.9 Å². The fraction of sp³-hybridized carbons (Fsp3) is 0.167. The molecule has 1 aromatic carbocycles. The molecular formula is C12H9Br2FOS. The van der Waals surface area contributed by atoms with Crippen molar-refractivity contribution in [2.24, 2.45) is 0 Å². The molecule has 1 atom stereocenters. The van der Waals surface area contributed by atoms with Gasteiger partial charge in [-0.05, 0) is 51.8 Å². The van der Waals surface area contributed by atoms with Crippen molar-refractivity contribution in [1.82, 2.24) is 0 Å². The van der Waals surface area contributed by atoms with Crippen LogP contribution >= 0.6 is 43.2 Å². The van der Waals surface area contributed by atoms with E-state index in [1.165, 1.54) is 12.1 Å². The molecule has 90 valence electrons. The van der Waals surface area contributed by atoms with Gasteiger partial charge in [0.2, 0.25) is 0 Å². The van der Waals surface area contributed by atoms with Gasteiger partial charge in [-0.15, -0.1) is 11.3 Å². The summed E-state index contributed by atoms with van der Waals surface area (Å²) in [5, 5.41) is 10.1. The second-order valence-corrected chi connectivity index (χ2v) is 6.99. The van der Waals surface area contributed by atoms with Gasteiger partial charge < -0.3 is 5.11 Å². The molecule has 2 aromatic rings. The van der Waals surface area contributed by atoms with Gasteiger partial charge in [-0.3, -0.25) is 0 Å². The van der Waals surface area contributed by atoms with Gasteiger partial charge in [-0.25, -0.2) is 4.39 Å². The number of aliphatic hydroxyl groups is 1. The molecule has 17 heavy (non-hydrogen) atoms. The number of aliphatic hydroxyl groups excluding tert-OH is 1. The van der Waals surface area contributed by atoms with Crippen molar-refractivity contribution in [3.05, 3.63) is 54.8 Å². The van der Waals surface area contributed by atoms with E-state index < -0.39 is 6.10 Å². The second kappa shape index (κ2) is 5.61. The molecule has 1 nitrogen and oxygen atoms in total. The summed E-state index contributed by atoms with van der Waals surface area (Å²) in [6, 6.07) is 8.22. The number of thiophene rings is 1. The third-order valence-electron chi connectivity index (χ3n) is 2.34. The van der Waals surface area contributed by atoms with Crippen molar-refractivity contribution in [2.75, 3.05) is 0 Å². The lowest BCUT2D eigenvalue weighted by Crippen LogP contribution is -2.02. The maximum atomic E-state index is 13.1. The Morgan fingerprint density at radius 2 is 2.00 bits per heavy atom. The van der Waals surface area contributed by atoms with Crippen molar-refractivity contribution in [2.45, 2.75) is 12.5 Å². The van der Waals surface area contributed by atoms with Crippen LogP contribution in [0, 0.1) is 5.82 Å². The Labute approximate surface area is 120 Å². The monoisotopic (exact) mass is 378 g/mol. The quantitative estimate of drug-likeness (QED) is 0.820. The van der Waals surface area contributed by atoms with Crippen molar-refractivity contribution in [3.8, 4) is 0 Å². The summed E-state index contributed by atoms with van der Waals surface area (Å²) >= 11 is 8.26. The summed E-state index contributed by atoms with van der Waals surface area (Å²) in [4.78, 5) is 1.06. The Hall–Kier alpha value is -0.230. The first-order valence-electron chi connectivity index (χ1n) is 4.93. The standard InChI is InChI=1S/C12H9Br2FOS/c13-10-3-1-7(15)5-9(10)11(16)6-8-2-4-12(14)17-8/h1-5,11,16H,6H2. The van der Waals surface area contributed by atoms with Crippen LogP contribution in [0.5, 0.6) is 0 Å². The molecule has 1 heterocycles. The van der Waals surface area contributed by atoms with E-state index in [4.69, 9.17) is 0 Å². The Morgan fingerprint density at radius 3 is 2.65 bits per heavy atom. The van der Waals surface area contributed by atoms with E-state index in [-0.39, 0.29) is 5.82 Å². The molecule has 0 aliphatic carbocycles. The van der Waals surface area contributed by atoms with E-state index in [1.807, 2.05) is 12.1 Å². The lowest BCUT2D eigenvalue weighted by atomic mass is 10.1. The Balaban J connectivity index is 2.19. The van der Waals surface area contributed by atoms with Gasteiger partial charge in [-0.2, -0.15) is 0 Å². The highest BCUT2D eigenvalue weighted by molar-refractivity contribution is 9.11. The summed E-state index contributed by atoms with van der Waals surface area (Å²) in [7, 11) is 0. The SMILES string of the molecule is OC(Cc1ccc(Br)s1)c1cc(F)ccc1Br. The minimum absolute atomic E-state index is 0.338. The predicted octanol–water partition coefficient (Wildman–Crippen LogP) is 4.69. The first-order valence-corrected chi connectivity index (χ1v) is 7.34. The van der Waals surface area contributed by atoms with Crippen molar-refractivity contribution < 1.29 is 9.50 Å². The van der Waals surface area contributed by atoms with Crippen LogP contribution in [0.3, 0.4) is 0 Å². The molecule has 1 N–H and O–H groups in total. The minimum Gasteiger partial charge on any atom is -0.388 e. The van der Waals surface area contributed by atoms with E-state index in [0.29, 0.717) is 12.0 Å². The molecule has 0 saturated heterocycles. The zero-order chi connectivity index (χ0) is 12.4. The number of rotatable bonds is 3. The normalized spacial score (nSPS) is 12.7. The second-order valence-electron chi connectivity index (χ2n) is 3.59. The Morgan fingerprint density at radius 1 is 1.24 bits per heavy atom. The van der Waals surface area contributed by atoms with E-state index >= 15 is 0 Å². The summed E-state index contributed by atoms with van der Waals surface area (Å²) in [5.74, 6) is -0.338. The van der Waals surface area contributed by atoms with Gasteiger partial charge in [0.25, 0.3) is 0 Å². The van der Waals surface area contributed by atoms with Crippen LogP contribution in [0.15, 0.2) is 38.6 Å². The zero-order valence-corrected chi connectivity index (χ0v) is 12.6. The topological polar surface area (TPSA) is 20.2 Å². The maximum Gasteiger partial charge on any atom is 0.123 e. The van der Waals surface area contributed by atoms with Gasteiger partial charge in [0.05, 0.1) is 9.89 Å². The van der Waals surface area contributed by atoms with Crippen LogP contribution in [0.2, 0.25) is 0 Å². The molecule has 0 fully saturated rings. The van der Waals surface area contributed by atoms with Gasteiger partial charge >= 0.3 is 0 Å². The molecule has 0 amide bonds. The van der Waals surface area contributed by atoms with Gasteiger partial charge in [0.1, 0.15) is 5.82 Å². The zero-order valence-electron chi connectivity index (χ0n) is 8.66. The highest BCUT2D eigenvalue weighted by Gasteiger charge is 2.14. The molecular weight excluding hydrogens is 371 g/mol. The van der Waals surface area contributed by atoms with Crippen molar-refractivity contribution in [3.63, 3.8) is 0 Å². The van der Waals surface area contributed by atoms with Crippen LogP contribution in [0.1, 0.15) is 16.5 Å². The van der Waals surface area contributed by atoms with Crippen LogP contribution < -0.4 is 0 Å². The van der Waals surface area contributed by atoms with E-state index in [9.17, 15) is 9.50 Å². The molecule has 0 aliphatic rings. The molecule has 1 unspecified atom stereocenters. The summed E-state index contributed by atoms with van der Waals surface area (Å²) in [5.41, 5.74) is 0.578. The first kappa shape index (κ1) is 13.2. The van der Waals surface area contributed by atoms with Gasteiger partial charge in [-0.1, -0.05) is 15.9 Å². The number of hydrogen-bond donors (Lipinski definition) is 1. The predicted molar refractivity (Wildman–Crippen MR) is 74.8 cm³/mol. The highest BCUT2D eigenvalue weighted by atomic mass is 79.9. The van der Waals surface area contributed by atoms with Crippen molar-refractivity contribution in [1.29, 1.82) is 0 Å². The molecule has 2 rings (SSSR count). The first-order chi connectivity index (χ1) is 8.06. The third kappa shape index (κ3) is 3.37. The number of halogens is 3. The highest BCUT2D eigenvalue weighted by Crippen LogP contribution is 2.30. The fourth-order valence-corrected chi connectivity index (χ4v) is 3.56. The Kier molecular flexibility index (Phi) is 4.36. The lowest BCUT2D eigenvalue weighted by Gasteiger charge is -2.11. The third-order valence-corrected chi connectivity index (χ3v) is 4.71. The molecule has 1 aromatic heterocycles. The maximum absolute atomic E-state index is 13.1. The molecule has 0 radical (unpaired) electrons. The molecule has 5 heteroatoms. The minimum atomic E-state index is -0.703. The summed E-state index contributed by atoms with van der Waals surface area (Å²) in [6.45, 7) is 0. The van der Waals surface area contributed by atoms with Crippen molar-refractivity contribution >= 4 is 43.2 Å². The number of benzene rings is 1. The van der Waals surface area contributed by atoms with Crippen LogP contribution in [-0.4, -0.2) is 5.11 Å². The lowest BCUT2D eigenvalue weighted by molar-refractivity contribution is 0.178. The average Bonchev–Trinajstić information content (AvgIpc) is 2.67. The summed E-state index contributed by atoms with van der Waals surface area (Å²) < 4.78 is 14.9. The van der Waals surface area contributed by atoms with Gasteiger partial charge in [0.15, 0.2) is 0 Å². The molecule has 0 spiro atoms. The fourth-order valence-electron chi connectivity index (χ4n) is 1.53. The van der Waals surface area contributed by atoms with Crippen LogP contribution in [0.4, 0.5) is 4.39 Å².